The summed E-state index contributed by atoms with van der Waals surface area (Å²) in [6.45, 7) is 4.36. The zero-order chi connectivity index (χ0) is 25.7. The van der Waals surface area contributed by atoms with Crippen LogP contribution < -0.4 is 9.47 Å². The third kappa shape index (κ3) is 5.82. The van der Waals surface area contributed by atoms with Crippen LogP contribution in [0, 0.1) is 0 Å². The molecule has 1 aliphatic heterocycles. The zero-order valence-electron chi connectivity index (χ0n) is 20.4. The van der Waals surface area contributed by atoms with Gasteiger partial charge in [0.05, 0.1) is 32.7 Å². The van der Waals surface area contributed by atoms with Crippen LogP contribution in [0.25, 0.3) is 0 Å². The third-order valence-electron chi connectivity index (χ3n) is 5.99. The minimum atomic E-state index is -0.378. The first-order valence-corrected chi connectivity index (χ1v) is 12.5. The summed E-state index contributed by atoms with van der Waals surface area (Å²) in [6, 6.07) is 20.5. The molecule has 0 spiro atoms. The Bertz CT molecular complexity index is 1230. The van der Waals surface area contributed by atoms with Crippen molar-refractivity contribution in [3.8, 4) is 17.2 Å². The number of halogens is 1. The van der Waals surface area contributed by atoms with E-state index in [0.717, 1.165) is 21.2 Å². The van der Waals surface area contributed by atoms with Crippen LogP contribution in [0.2, 0.25) is 0 Å². The average Bonchev–Trinajstić information content (AvgIpc) is 3.15. The molecular weight excluding hydrogens is 526 g/mol. The SMILES string of the molecule is CCOC(=O)Cc1ccc(OC)c(Oc2ccc(Br)cc2CN2C(=O)O[C@H](c3ccccc3)[C@@H]2C)c1. The number of hydrogen-bond donors (Lipinski definition) is 0. The minimum Gasteiger partial charge on any atom is -0.493 e. The van der Waals surface area contributed by atoms with E-state index in [2.05, 4.69) is 15.9 Å². The highest BCUT2D eigenvalue weighted by atomic mass is 79.9. The van der Waals surface area contributed by atoms with Crippen molar-refractivity contribution < 1.29 is 28.5 Å². The van der Waals surface area contributed by atoms with Gasteiger partial charge in [0.1, 0.15) is 11.9 Å². The molecular formula is C28H28BrNO6. The molecule has 0 bridgehead atoms. The molecule has 36 heavy (non-hydrogen) atoms. The summed E-state index contributed by atoms with van der Waals surface area (Å²) >= 11 is 3.53. The Balaban J connectivity index is 1.59. The maximum Gasteiger partial charge on any atom is 0.411 e. The van der Waals surface area contributed by atoms with Crippen molar-refractivity contribution in [3.63, 3.8) is 0 Å². The number of ether oxygens (including phenoxy) is 4. The Labute approximate surface area is 219 Å². The van der Waals surface area contributed by atoms with E-state index < -0.39 is 0 Å². The quantitative estimate of drug-likeness (QED) is 0.284. The van der Waals surface area contributed by atoms with E-state index in [-0.39, 0.29) is 30.6 Å². The first kappa shape index (κ1) is 25.6. The first-order valence-electron chi connectivity index (χ1n) is 11.7. The Morgan fingerprint density at radius 1 is 1.03 bits per heavy atom. The van der Waals surface area contributed by atoms with Crippen molar-refractivity contribution in [2.75, 3.05) is 13.7 Å². The predicted octanol–water partition coefficient (Wildman–Crippen LogP) is 6.44. The number of amides is 1. The molecule has 188 valence electrons. The van der Waals surface area contributed by atoms with Gasteiger partial charge in [-0.15, -0.1) is 0 Å². The number of carbonyl (C=O) groups is 2. The van der Waals surface area contributed by atoms with Gasteiger partial charge >= 0.3 is 12.1 Å². The van der Waals surface area contributed by atoms with Gasteiger partial charge in [-0.05, 0) is 55.3 Å². The number of rotatable bonds is 9. The summed E-state index contributed by atoms with van der Waals surface area (Å²) in [6.07, 6.45) is -0.606. The summed E-state index contributed by atoms with van der Waals surface area (Å²) < 4.78 is 23.4. The van der Waals surface area contributed by atoms with Gasteiger partial charge in [0, 0.05) is 10.0 Å². The number of benzene rings is 3. The number of cyclic esters (lactones) is 1. The molecule has 3 aromatic carbocycles. The number of carbonyl (C=O) groups excluding carboxylic acids is 2. The third-order valence-corrected chi connectivity index (χ3v) is 6.48. The van der Waals surface area contributed by atoms with Crippen molar-refractivity contribution in [1.82, 2.24) is 4.90 Å². The Morgan fingerprint density at radius 3 is 2.50 bits per heavy atom. The second kappa shape index (κ2) is 11.5. The lowest BCUT2D eigenvalue weighted by Crippen LogP contribution is -2.31. The molecule has 1 aliphatic rings. The lowest BCUT2D eigenvalue weighted by atomic mass is 10.0. The molecule has 1 amide bonds. The highest BCUT2D eigenvalue weighted by Gasteiger charge is 2.39. The highest BCUT2D eigenvalue weighted by molar-refractivity contribution is 9.10. The number of hydrogen-bond acceptors (Lipinski definition) is 6. The molecule has 7 nitrogen and oxygen atoms in total. The van der Waals surface area contributed by atoms with E-state index in [1.54, 1.807) is 37.1 Å². The summed E-state index contributed by atoms with van der Waals surface area (Å²) in [5.41, 5.74) is 2.49. The summed E-state index contributed by atoms with van der Waals surface area (Å²) in [4.78, 5) is 26.5. The molecule has 8 heteroatoms. The average molecular weight is 554 g/mol. The van der Waals surface area contributed by atoms with Gasteiger partial charge in [0.15, 0.2) is 11.5 Å². The molecule has 0 aliphatic carbocycles. The molecule has 0 aromatic heterocycles. The van der Waals surface area contributed by atoms with E-state index in [9.17, 15) is 9.59 Å². The fourth-order valence-electron chi connectivity index (χ4n) is 4.16. The van der Waals surface area contributed by atoms with Crippen LogP contribution in [0.3, 0.4) is 0 Å². The van der Waals surface area contributed by atoms with Crippen LogP contribution in [0.15, 0.2) is 71.2 Å². The van der Waals surface area contributed by atoms with E-state index in [4.69, 9.17) is 18.9 Å². The molecule has 1 fully saturated rings. The fraction of sp³-hybridized carbons (Fsp3) is 0.286. The first-order chi connectivity index (χ1) is 17.4. The zero-order valence-corrected chi connectivity index (χ0v) is 22.0. The van der Waals surface area contributed by atoms with Crippen LogP contribution in [0.5, 0.6) is 17.2 Å². The summed E-state index contributed by atoms with van der Waals surface area (Å²) in [5, 5.41) is 0. The molecule has 3 aromatic rings. The van der Waals surface area contributed by atoms with E-state index in [0.29, 0.717) is 30.4 Å². The molecule has 4 rings (SSSR count). The Kier molecular flexibility index (Phi) is 8.15. The fourth-order valence-corrected chi connectivity index (χ4v) is 4.57. The molecule has 1 saturated heterocycles. The second-order valence-electron chi connectivity index (χ2n) is 8.40. The van der Waals surface area contributed by atoms with Crippen LogP contribution in [0.1, 0.15) is 36.6 Å². The van der Waals surface area contributed by atoms with E-state index in [1.165, 1.54) is 0 Å². The maximum atomic E-state index is 12.8. The normalized spacial score (nSPS) is 17.0. The molecule has 0 radical (unpaired) electrons. The lowest BCUT2D eigenvalue weighted by Gasteiger charge is -2.22. The topological polar surface area (TPSA) is 74.3 Å². The van der Waals surface area contributed by atoms with Gasteiger partial charge in [-0.1, -0.05) is 52.3 Å². The predicted molar refractivity (Wildman–Crippen MR) is 138 cm³/mol. The minimum absolute atomic E-state index is 0.124. The molecule has 0 N–H and O–H groups in total. The molecule has 0 unspecified atom stereocenters. The number of esters is 1. The smallest absolute Gasteiger partial charge is 0.411 e. The van der Waals surface area contributed by atoms with Gasteiger partial charge < -0.3 is 18.9 Å². The van der Waals surface area contributed by atoms with Gasteiger partial charge in [-0.3, -0.25) is 9.69 Å². The molecule has 1 heterocycles. The van der Waals surface area contributed by atoms with Gasteiger partial charge in [-0.2, -0.15) is 0 Å². The Hall–Kier alpha value is -3.52. The maximum absolute atomic E-state index is 12.8. The largest absolute Gasteiger partial charge is 0.493 e. The van der Waals surface area contributed by atoms with Gasteiger partial charge in [0.2, 0.25) is 0 Å². The van der Waals surface area contributed by atoms with Crippen LogP contribution >= 0.6 is 15.9 Å². The lowest BCUT2D eigenvalue weighted by molar-refractivity contribution is -0.142. The van der Waals surface area contributed by atoms with E-state index >= 15 is 0 Å². The monoisotopic (exact) mass is 553 g/mol. The van der Waals surface area contributed by atoms with Crippen molar-refractivity contribution in [3.05, 3.63) is 87.9 Å². The van der Waals surface area contributed by atoms with E-state index in [1.807, 2.05) is 55.5 Å². The molecule has 2 atom stereocenters. The van der Waals surface area contributed by atoms with Crippen molar-refractivity contribution in [2.45, 2.75) is 39.0 Å². The standard InChI is InChI=1S/C28H28BrNO6/c1-4-34-26(31)15-19-10-12-24(33-3)25(14-19)35-23-13-11-22(29)16-21(23)17-30-18(2)27(36-28(30)32)20-8-6-5-7-9-20/h5-14,16,18,27H,4,15,17H2,1-3H3/t18-,27-/m0/s1. The number of methoxy groups -OCH3 is 1. The second-order valence-corrected chi connectivity index (χ2v) is 9.32. The number of nitrogens with zero attached hydrogens (tertiary/aromatic N) is 1. The van der Waals surface area contributed by atoms with Crippen molar-refractivity contribution in [2.24, 2.45) is 0 Å². The molecule has 0 saturated carbocycles. The summed E-state index contributed by atoms with van der Waals surface area (Å²) in [5.74, 6) is 1.23. The van der Waals surface area contributed by atoms with Crippen LogP contribution in [-0.4, -0.2) is 36.7 Å². The van der Waals surface area contributed by atoms with Crippen LogP contribution in [0.4, 0.5) is 4.79 Å². The summed E-state index contributed by atoms with van der Waals surface area (Å²) in [7, 11) is 1.56. The van der Waals surface area contributed by atoms with Crippen LogP contribution in [-0.2, 0) is 27.2 Å². The Morgan fingerprint density at radius 2 is 1.78 bits per heavy atom. The van der Waals surface area contributed by atoms with Crippen molar-refractivity contribution >= 4 is 28.0 Å². The van der Waals surface area contributed by atoms with Gasteiger partial charge in [0.25, 0.3) is 0 Å². The van der Waals surface area contributed by atoms with Gasteiger partial charge in [-0.25, -0.2) is 4.79 Å². The highest BCUT2D eigenvalue weighted by Crippen LogP contribution is 2.38. The van der Waals surface area contributed by atoms with Crippen molar-refractivity contribution in [1.29, 1.82) is 0 Å².